The van der Waals surface area contributed by atoms with Gasteiger partial charge in [-0.1, -0.05) is 42.8 Å². The van der Waals surface area contributed by atoms with Crippen LogP contribution in [0, 0.1) is 6.92 Å². The van der Waals surface area contributed by atoms with Crippen molar-refractivity contribution in [2.24, 2.45) is 7.05 Å². The monoisotopic (exact) mass is 388 g/mol. The number of carbonyl (C=O) groups is 1. The van der Waals surface area contributed by atoms with Crippen LogP contribution in [0.5, 0.6) is 0 Å². The number of hydrogen-bond acceptors (Lipinski definition) is 3. The molecule has 2 unspecified atom stereocenters. The van der Waals surface area contributed by atoms with E-state index in [2.05, 4.69) is 40.4 Å². The first-order valence-electron chi connectivity index (χ1n) is 10.4. The minimum absolute atomic E-state index is 0.0393. The SMILES string of the molecule is Cc1cc(C(=O)N(Cc2ccccn2)C2CCCC(c3ccccc3)C2)n(C)n1. The van der Waals surface area contributed by atoms with Crippen molar-refractivity contribution in [1.82, 2.24) is 19.7 Å². The van der Waals surface area contributed by atoms with Crippen LogP contribution in [-0.4, -0.2) is 31.6 Å². The number of aryl methyl sites for hydroxylation is 2. The third-order valence-corrected chi connectivity index (χ3v) is 5.90. The molecule has 29 heavy (non-hydrogen) atoms. The molecule has 2 heterocycles. The van der Waals surface area contributed by atoms with Gasteiger partial charge in [-0.05, 0) is 55.9 Å². The van der Waals surface area contributed by atoms with Crippen LogP contribution in [0.2, 0.25) is 0 Å². The molecule has 5 nitrogen and oxygen atoms in total. The average Bonchev–Trinajstić information content (AvgIpc) is 3.11. The van der Waals surface area contributed by atoms with Gasteiger partial charge >= 0.3 is 0 Å². The molecule has 0 N–H and O–H groups in total. The van der Waals surface area contributed by atoms with Crippen LogP contribution in [0.3, 0.4) is 0 Å². The van der Waals surface area contributed by atoms with Gasteiger partial charge in [-0.15, -0.1) is 0 Å². The van der Waals surface area contributed by atoms with Crippen LogP contribution in [0.15, 0.2) is 60.8 Å². The molecule has 4 rings (SSSR count). The van der Waals surface area contributed by atoms with E-state index < -0.39 is 0 Å². The van der Waals surface area contributed by atoms with E-state index in [1.165, 1.54) is 12.0 Å². The molecule has 1 fully saturated rings. The Morgan fingerprint density at radius 3 is 2.62 bits per heavy atom. The van der Waals surface area contributed by atoms with Gasteiger partial charge in [0, 0.05) is 19.3 Å². The van der Waals surface area contributed by atoms with Crippen LogP contribution >= 0.6 is 0 Å². The Bertz CT molecular complexity index is 952. The summed E-state index contributed by atoms with van der Waals surface area (Å²) >= 11 is 0. The summed E-state index contributed by atoms with van der Waals surface area (Å²) in [7, 11) is 1.84. The third-order valence-electron chi connectivity index (χ3n) is 5.90. The lowest BCUT2D eigenvalue weighted by Crippen LogP contribution is -2.43. The van der Waals surface area contributed by atoms with Crippen LogP contribution in [-0.2, 0) is 13.6 Å². The Kier molecular flexibility index (Phi) is 5.74. The lowest BCUT2D eigenvalue weighted by Gasteiger charge is -2.37. The molecular weight excluding hydrogens is 360 g/mol. The fraction of sp³-hybridized carbons (Fsp3) is 0.375. The van der Waals surface area contributed by atoms with Crippen LogP contribution in [0.25, 0.3) is 0 Å². The Morgan fingerprint density at radius 1 is 1.14 bits per heavy atom. The molecule has 1 amide bonds. The smallest absolute Gasteiger partial charge is 0.272 e. The second-order valence-electron chi connectivity index (χ2n) is 7.98. The van der Waals surface area contributed by atoms with E-state index in [0.29, 0.717) is 18.2 Å². The number of nitrogens with zero attached hydrogens (tertiary/aromatic N) is 4. The lowest BCUT2D eigenvalue weighted by molar-refractivity contribution is 0.0587. The summed E-state index contributed by atoms with van der Waals surface area (Å²) in [5.74, 6) is 0.528. The molecule has 150 valence electrons. The molecule has 5 heteroatoms. The second kappa shape index (κ2) is 8.60. The minimum atomic E-state index is 0.0393. The van der Waals surface area contributed by atoms with Gasteiger partial charge in [0.15, 0.2) is 0 Å². The fourth-order valence-electron chi connectivity index (χ4n) is 4.47. The van der Waals surface area contributed by atoms with Gasteiger partial charge in [-0.25, -0.2) is 0 Å². The van der Waals surface area contributed by atoms with Crippen molar-refractivity contribution in [1.29, 1.82) is 0 Å². The van der Waals surface area contributed by atoms with Gasteiger partial charge in [0.2, 0.25) is 0 Å². The zero-order valence-corrected chi connectivity index (χ0v) is 17.2. The number of pyridine rings is 1. The maximum atomic E-state index is 13.6. The minimum Gasteiger partial charge on any atom is -0.328 e. The van der Waals surface area contributed by atoms with Crippen LogP contribution in [0.4, 0.5) is 0 Å². The van der Waals surface area contributed by atoms with Gasteiger partial charge in [-0.2, -0.15) is 5.10 Å². The molecule has 2 atom stereocenters. The van der Waals surface area contributed by atoms with E-state index in [9.17, 15) is 4.79 Å². The Morgan fingerprint density at radius 2 is 1.93 bits per heavy atom. The van der Waals surface area contributed by atoms with Crippen molar-refractivity contribution in [2.45, 2.75) is 51.1 Å². The predicted molar refractivity (Wildman–Crippen MR) is 113 cm³/mol. The summed E-state index contributed by atoms with van der Waals surface area (Å²) in [5, 5.41) is 4.38. The highest BCUT2D eigenvalue weighted by atomic mass is 16.2. The lowest BCUT2D eigenvalue weighted by atomic mass is 9.80. The third kappa shape index (κ3) is 4.39. The quantitative estimate of drug-likeness (QED) is 0.647. The standard InChI is InChI=1S/C24H28N4O/c1-18-15-23(27(2)26-18)24(29)28(17-21-12-6-7-14-25-21)22-13-8-11-20(16-22)19-9-4-3-5-10-19/h3-7,9-10,12,14-15,20,22H,8,11,13,16-17H2,1-2H3. The van der Waals surface area contributed by atoms with E-state index in [4.69, 9.17) is 0 Å². The van der Waals surface area contributed by atoms with E-state index in [0.717, 1.165) is 30.7 Å². The average molecular weight is 389 g/mol. The van der Waals surface area contributed by atoms with E-state index >= 15 is 0 Å². The largest absolute Gasteiger partial charge is 0.328 e. The molecule has 0 aliphatic heterocycles. The summed E-state index contributed by atoms with van der Waals surface area (Å²) in [6, 6.07) is 18.6. The molecule has 1 saturated carbocycles. The molecule has 1 aromatic carbocycles. The molecule has 0 saturated heterocycles. The number of rotatable bonds is 5. The van der Waals surface area contributed by atoms with E-state index in [1.807, 2.05) is 43.1 Å². The molecular formula is C24H28N4O. The van der Waals surface area contributed by atoms with Gasteiger partial charge in [0.05, 0.1) is 17.9 Å². The number of hydrogen-bond donors (Lipinski definition) is 0. The van der Waals surface area contributed by atoms with Crippen LogP contribution in [0.1, 0.15) is 59.0 Å². The van der Waals surface area contributed by atoms with Crippen molar-refractivity contribution in [3.05, 3.63) is 83.4 Å². The maximum Gasteiger partial charge on any atom is 0.272 e. The second-order valence-corrected chi connectivity index (χ2v) is 7.98. The number of aromatic nitrogens is 3. The van der Waals surface area contributed by atoms with Crippen molar-refractivity contribution < 1.29 is 4.79 Å². The van der Waals surface area contributed by atoms with Crippen molar-refractivity contribution in [2.75, 3.05) is 0 Å². The van der Waals surface area contributed by atoms with Crippen molar-refractivity contribution in [3.63, 3.8) is 0 Å². The molecule has 1 aliphatic carbocycles. The molecule has 2 aromatic heterocycles. The zero-order chi connectivity index (χ0) is 20.2. The Labute approximate surface area is 172 Å². The summed E-state index contributed by atoms with van der Waals surface area (Å²) in [6.45, 7) is 2.45. The first-order valence-corrected chi connectivity index (χ1v) is 10.4. The highest BCUT2D eigenvalue weighted by molar-refractivity contribution is 5.93. The number of benzene rings is 1. The molecule has 0 spiro atoms. The first-order chi connectivity index (χ1) is 14.1. The van der Waals surface area contributed by atoms with Gasteiger partial charge in [0.1, 0.15) is 5.69 Å². The van der Waals surface area contributed by atoms with E-state index in [1.54, 1.807) is 10.9 Å². The fourth-order valence-corrected chi connectivity index (χ4v) is 4.47. The Hall–Kier alpha value is -2.95. The summed E-state index contributed by atoms with van der Waals surface area (Å²) in [4.78, 5) is 20.1. The number of amides is 1. The highest BCUT2D eigenvalue weighted by Gasteiger charge is 2.32. The van der Waals surface area contributed by atoms with E-state index in [-0.39, 0.29) is 11.9 Å². The highest BCUT2D eigenvalue weighted by Crippen LogP contribution is 2.36. The molecule has 1 aliphatic rings. The van der Waals surface area contributed by atoms with Gasteiger partial charge < -0.3 is 4.90 Å². The maximum absolute atomic E-state index is 13.6. The van der Waals surface area contributed by atoms with Gasteiger partial charge in [0.25, 0.3) is 5.91 Å². The Balaban J connectivity index is 1.62. The topological polar surface area (TPSA) is 51.0 Å². The summed E-state index contributed by atoms with van der Waals surface area (Å²) in [5.41, 5.74) is 3.79. The predicted octanol–water partition coefficient (Wildman–Crippen LogP) is 4.49. The normalized spacial score (nSPS) is 19.1. The van der Waals surface area contributed by atoms with Crippen molar-refractivity contribution in [3.8, 4) is 0 Å². The van der Waals surface area contributed by atoms with Crippen molar-refractivity contribution >= 4 is 5.91 Å². The van der Waals surface area contributed by atoms with Gasteiger partial charge in [-0.3, -0.25) is 14.5 Å². The number of carbonyl (C=O) groups excluding carboxylic acids is 1. The first kappa shape index (κ1) is 19.4. The molecule has 3 aromatic rings. The molecule has 0 bridgehead atoms. The summed E-state index contributed by atoms with van der Waals surface area (Å²) < 4.78 is 1.70. The zero-order valence-electron chi connectivity index (χ0n) is 17.2. The van der Waals surface area contributed by atoms with Crippen LogP contribution < -0.4 is 0 Å². The summed E-state index contributed by atoms with van der Waals surface area (Å²) in [6.07, 6.45) is 6.11. The molecule has 0 radical (unpaired) electrons.